The summed E-state index contributed by atoms with van der Waals surface area (Å²) in [7, 11) is 0. The van der Waals surface area contributed by atoms with E-state index in [1.165, 1.54) is 5.56 Å². The number of benzene rings is 2. The molecule has 0 aromatic heterocycles. The number of rotatable bonds is 4. The summed E-state index contributed by atoms with van der Waals surface area (Å²) in [5.74, 6) is 0.344. The highest BCUT2D eigenvalue weighted by atomic mass is 79.9. The van der Waals surface area contributed by atoms with Gasteiger partial charge in [-0.1, -0.05) is 54.0 Å². The van der Waals surface area contributed by atoms with Gasteiger partial charge in [0, 0.05) is 15.7 Å². The van der Waals surface area contributed by atoms with Gasteiger partial charge in [0.2, 0.25) is 0 Å². The van der Waals surface area contributed by atoms with Crippen molar-refractivity contribution < 1.29 is 4.79 Å². The molecule has 0 spiro atoms. The molecule has 104 valence electrons. The van der Waals surface area contributed by atoms with Crippen LogP contribution in [0.25, 0.3) is 0 Å². The van der Waals surface area contributed by atoms with Gasteiger partial charge in [-0.2, -0.15) is 0 Å². The molecule has 2 aromatic carbocycles. The predicted octanol–water partition coefficient (Wildman–Crippen LogP) is 5.21. The van der Waals surface area contributed by atoms with Crippen molar-refractivity contribution in [2.24, 2.45) is 0 Å². The van der Waals surface area contributed by atoms with Crippen LogP contribution in [0.4, 0.5) is 5.69 Å². The van der Waals surface area contributed by atoms with Crippen LogP contribution in [0.15, 0.2) is 53.0 Å². The molecule has 0 aliphatic carbocycles. The molecule has 0 fully saturated rings. The molecule has 0 aliphatic rings. The lowest BCUT2D eigenvalue weighted by molar-refractivity contribution is 0.102. The largest absolute Gasteiger partial charge is 0.322 e. The number of nitrogens with one attached hydrogen (secondary N) is 1. The number of amides is 1. The van der Waals surface area contributed by atoms with Crippen LogP contribution >= 0.6 is 15.9 Å². The third kappa shape index (κ3) is 3.48. The maximum Gasteiger partial charge on any atom is 0.255 e. The summed E-state index contributed by atoms with van der Waals surface area (Å²) in [6.45, 7) is 4.32. The third-order valence-corrected chi connectivity index (χ3v) is 3.93. The molecule has 1 amide bonds. The second-order valence-corrected chi connectivity index (χ2v) is 5.78. The Labute approximate surface area is 128 Å². The van der Waals surface area contributed by atoms with Crippen LogP contribution in [0.1, 0.15) is 42.1 Å². The average molecular weight is 332 g/mol. The van der Waals surface area contributed by atoms with E-state index in [1.54, 1.807) is 0 Å². The molecule has 2 nitrogen and oxygen atoms in total. The van der Waals surface area contributed by atoms with Gasteiger partial charge in [-0.15, -0.1) is 0 Å². The minimum Gasteiger partial charge on any atom is -0.322 e. The fourth-order valence-electron chi connectivity index (χ4n) is 2.08. The van der Waals surface area contributed by atoms with Gasteiger partial charge < -0.3 is 5.32 Å². The zero-order valence-corrected chi connectivity index (χ0v) is 13.3. The van der Waals surface area contributed by atoms with Crippen molar-refractivity contribution in [2.75, 3.05) is 5.32 Å². The monoisotopic (exact) mass is 331 g/mol. The summed E-state index contributed by atoms with van der Waals surface area (Å²) in [5, 5.41) is 3.01. The number of carbonyl (C=O) groups is 1. The van der Waals surface area contributed by atoms with E-state index in [0.717, 1.165) is 16.6 Å². The van der Waals surface area contributed by atoms with Gasteiger partial charge in [0.05, 0.1) is 0 Å². The first-order chi connectivity index (χ1) is 9.61. The second-order valence-electron chi connectivity index (χ2n) is 4.86. The van der Waals surface area contributed by atoms with Crippen LogP contribution in [0, 0.1) is 0 Å². The summed E-state index contributed by atoms with van der Waals surface area (Å²) in [4.78, 5) is 12.3. The van der Waals surface area contributed by atoms with Crippen molar-refractivity contribution in [3.8, 4) is 0 Å². The fraction of sp³-hybridized carbons (Fsp3) is 0.235. The molecule has 3 heteroatoms. The molecule has 1 N–H and O–H groups in total. The number of hydrogen-bond donors (Lipinski definition) is 1. The molecule has 0 unspecified atom stereocenters. The molecule has 0 saturated carbocycles. The standard InChI is InChI=1S/C17H18BrNO/c1-3-12(2)15-9-4-5-10-16(15)19-17(20)13-7-6-8-14(18)11-13/h4-12H,3H2,1-2H3,(H,19,20)/t12-/m1/s1. The van der Waals surface area contributed by atoms with E-state index in [-0.39, 0.29) is 5.91 Å². The normalized spacial score (nSPS) is 11.9. The summed E-state index contributed by atoms with van der Waals surface area (Å²) in [5.41, 5.74) is 2.73. The summed E-state index contributed by atoms with van der Waals surface area (Å²) < 4.78 is 0.903. The van der Waals surface area contributed by atoms with Gasteiger partial charge in [0.1, 0.15) is 0 Å². The lowest BCUT2D eigenvalue weighted by Gasteiger charge is -2.15. The molecule has 2 rings (SSSR count). The van der Waals surface area contributed by atoms with E-state index in [4.69, 9.17) is 0 Å². The highest BCUT2D eigenvalue weighted by Gasteiger charge is 2.12. The minimum atomic E-state index is -0.0814. The molecule has 0 aliphatic heterocycles. The number of para-hydroxylation sites is 1. The fourth-order valence-corrected chi connectivity index (χ4v) is 2.48. The van der Waals surface area contributed by atoms with Gasteiger partial charge in [0.25, 0.3) is 5.91 Å². The zero-order chi connectivity index (χ0) is 14.5. The van der Waals surface area contributed by atoms with Crippen LogP contribution in [-0.2, 0) is 0 Å². The Morgan fingerprint density at radius 3 is 2.65 bits per heavy atom. The molecule has 0 saturated heterocycles. The Morgan fingerprint density at radius 2 is 1.95 bits per heavy atom. The number of anilines is 1. The topological polar surface area (TPSA) is 29.1 Å². The Kier molecular flexibility index (Phi) is 4.96. The van der Waals surface area contributed by atoms with E-state index < -0.39 is 0 Å². The first-order valence-corrected chi connectivity index (χ1v) is 7.57. The zero-order valence-electron chi connectivity index (χ0n) is 11.7. The Bertz CT molecular complexity index is 609. The second kappa shape index (κ2) is 6.71. The van der Waals surface area contributed by atoms with Crippen molar-refractivity contribution in [3.63, 3.8) is 0 Å². The smallest absolute Gasteiger partial charge is 0.255 e. The van der Waals surface area contributed by atoms with Gasteiger partial charge in [-0.05, 0) is 42.2 Å². The van der Waals surface area contributed by atoms with Crippen molar-refractivity contribution in [1.82, 2.24) is 0 Å². The molecule has 1 atom stereocenters. The van der Waals surface area contributed by atoms with Crippen molar-refractivity contribution in [2.45, 2.75) is 26.2 Å². The van der Waals surface area contributed by atoms with E-state index in [0.29, 0.717) is 11.5 Å². The van der Waals surface area contributed by atoms with E-state index in [1.807, 2.05) is 42.5 Å². The number of hydrogen-bond acceptors (Lipinski definition) is 1. The highest BCUT2D eigenvalue weighted by Crippen LogP contribution is 2.27. The van der Waals surface area contributed by atoms with Gasteiger partial charge in [0.15, 0.2) is 0 Å². The number of carbonyl (C=O) groups excluding carboxylic acids is 1. The SMILES string of the molecule is CC[C@@H](C)c1ccccc1NC(=O)c1cccc(Br)c1. The van der Waals surface area contributed by atoms with Gasteiger partial charge >= 0.3 is 0 Å². The maximum atomic E-state index is 12.3. The quantitative estimate of drug-likeness (QED) is 0.818. The van der Waals surface area contributed by atoms with E-state index in [2.05, 4.69) is 41.2 Å². The Balaban J connectivity index is 2.24. The summed E-state index contributed by atoms with van der Waals surface area (Å²) in [6, 6.07) is 15.4. The summed E-state index contributed by atoms with van der Waals surface area (Å²) in [6.07, 6.45) is 1.05. The van der Waals surface area contributed by atoms with Crippen LogP contribution in [0.5, 0.6) is 0 Å². The molecule has 0 heterocycles. The molecule has 2 aromatic rings. The predicted molar refractivity (Wildman–Crippen MR) is 87.2 cm³/mol. The van der Waals surface area contributed by atoms with Crippen molar-refractivity contribution >= 4 is 27.5 Å². The lowest BCUT2D eigenvalue weighted by Crippen LogP contribution is -2.13. The molecular weight excluding hydrogens is 314 g/mol. The molecule has 20 heavy (non-hydrogen) atoms. The van der Waals surface area contributed by atoms with Gasteiger partial charge in [-0.3, -0.25) is 4.79 Å². The Morgan fingerprint density at radius 1 is 1.20 bits per heavy atom. The third-order valence-electron chi connectivity index (χ3n) is 3.44. The van der Waals surface area contributed by atoms with E-state index in [9.17, 15) is 4.79 Å². The minimum absolute atomic E-state index is 0.0814. The van der Waals surface area contributed by atoms with Crippen LogP contribution < -0.4 is 5.32 Å². The van der Waals surface area contributed by atoms with Crippen LogP contribution in [0.2, 0.25) is 0 Å². The number of halogens is 1. The van der Waals surface area contributed by atoms with E-state index >= 15 is 0 Å². The first-order valence-electron chi connectivity index (χ1n) is 6.77. The molecular formula is C17H18BrNO. The first kappa shape index (κ1) is 14.8. The Hall–Kier alpha value is -1.61. The highest BCUT2D eigenvalue weighted by molar-refractivity contribution is 9.10. The van der Waals surface area contributed by atoms with Crippen LogP contribution in [0.3, 0.4) is 0 Å². The summed E-state index contributed by atoms with van der Waals surface area (Å²) >= 11 is 3.38. The molecule has 0 bridgehead atoms. The average Bonchev–Trinajstić information content (AvgIpc) is 2.47. The molecule has 0 radical (unpaired) electrons. The van der Waals surface area contributed by atoms with Crippen molar-refractivity contribution in [1.29, 1.82) is 0 Å². The van der Waals surface area contributed by atoms with Crippen molar-refractivity contribution in [3.05, 3.63) is 64.1 Å². The lowest BCUT2D eigenvalue weighted by atomic mass is 9.97. The maximum absolute atomic E-state index is 12.3. The van der Waals surface area contributed by atoms with Gasteiger partial charge in [-0.25, -0.2) is 0 Å². The van der Waals surface area contributed by atoms with Crippen LogP contribution in [-0.4, -0.2) is 5.91 Å².